The first-order valence-electron chi connectivity index (χ1n) is 20.8. The van der Waals surface area contributed by atoms with Crippen molar-refractivity contribution in [2.45, 2.75) is 122 Å². The Hall–Kier alpha value is -4.83. The summed E-state index contributed by atoms with van der Waals surface area (Å²) >= 11 is 0. The fourth-order valence-electron chi connectivity index (χ4n) is 6.36. The van der Waals surface area contributed by atoms with Gasteiger partial charge in [-0.3, -0.25) is 0 Å². The average Bonchev–Trinajstić information content (AvgIpc) is 4.14. The highest BCUT2D eigenvalue weighted by Crippen LogP contribution is 2.39. The van der Waals surface area contributed by atoms with E-state index in [4.69, 9.17) is 27.5 Å². The molecule has 8 N–H and O–H groups in total. The van der Waals surface area contributed by atoms with Gasteiger partial charge in [0.25, 0.3) is 0 Å². The minimum Gasteiger partial charge on any atom is -0.375 e. The van der Waals surface area contributed by atoms with Crippen molar-refractivity contribution in [2.24, 2.45) is 22.3 Å². The van der Waals surface area contributed by atoms with Crippen molar-refractivity contribution in [1.29, 1.82) is 0 Å². The van der Waals surface area contributed by atoms with Crippen molar-refractivity contribution >= 4 is 0 Å². The molecule has 2 fully saturated rings. The highest BCUT2D eigenvalue weighted by atomic mass is 16.5. The first-order chi connectivity index (χ1) is 28.2. The lowest BCUT2D eigenvalue weighted by atomic mass is 9.90. The van der Waals surface area contributed by atoms with Gasteiger partial charge in [-0.15, -0.1) is 0 Å². The molecule has 5 aromatic carbocycles. The van der Waals surface area contributed by atoms with Gasteiger partial charge in [-0.05, 0) is 88.2 Å². The van der Waals surface area contributed by atoms with Crippen LogP contribution in [0, 0.1) is 0 Å². The third-order valence-electron chi connectivity index (χ3n) is 9.53. The van der Waals surface area contributed by atoms with Gasteiger partial charge >= 0.3 is 0 Å². The second-order valence-electron chi connectivity index (χ2n) is 16.0. The predicted molar refractivity (Wildman–Crippen MR) is 250 cm³/mol. The van der Waals surface area contributed by atoms with Crippen LogP contribution in [0.5, 0.6) is 0 Å². The van der Waals surface area contributed by atoms with Crippen molar-refractivity contribution in [3.05, 3.63) is 190 Å². The van der Waals surface area contributed by atoms with Crippen LogP contribution in [0.1, 0.15) is 114 Å². The number of hydrogen-bond donors (Lipinski definition) is 5. The Morgan fingerprint density at radius 2 is 1.12 bits per heavy atom. The maximum atomic E-state index is 8.46. The van der Waals surface area contributed by atoms with Crippen LogP contribution in [0.3, 0.4) is 0 Å². The van der Waals surface area contributed by atoms with E-state index < -0.39 is 5.54 Å². The number of rotatable bonds is 10. The highest BCUT2D eigenvalue weighted by molar-refractivity contribution is 5.29. The molecule has 0 aliphatic carbocycles. The molecular formula is C50H72N8O. The number of hydrogen-bond acceptors (Lipinski definition) is 7. The summed E-state index contributed by atoms with van der Waals surface area (Å²) < 4.78 is 5.27. The van der Waals surface area contributed by atoms with E-state index in [1.807, 2.05) is 120 Å². The van der Waals surface area contributed by atoms with Crippen LogP contribution in [0.2, 0.25) is 0 Å². The van der Waals surface area contributed by atoms with E-state index in [-0.39, 0.29) is 24.2 Å². The Balaban J connectivity index is 0.000000253. The summed E-state index contributed by atoms with van der Waals surface area (Å²) in [5.74, 6) is 0. The molecule has 0 saturated carbocycles. The SMILES string of the molecule is CC.CC(C)(N)C(N=[N+]=[N-])c1ccccc1.CC(N)Cc1ccccc1.CC1(C)NC1c1ccccc1.CC1NC1c1ccccc1.CO[C@H](c1ccccc1)[C@H](C)N. The molecule has 0 aromatic heterocycles. The van der Waals surface area contributed by atoms with Crippen molar-refractivity contribution < 1.29 is 4.74 Å². The molecule has 318 valence electrons. The fraction of sp³-hybridized carbons (Fsp3) is 0.400. The van der Waals surface area contributed by atoms with Gasteiger partial charge < -0.3 is 32.6 Å². The molecule has 2 aliphatic rings. The number of nitrogens with one attached hydrogen (secondary N) is 2. The van der Waals surface area contributed by atoms with Gasteiger partial charge in [0.2, 0.25) is 0 Å². The molecule has 7 rings (SSSR count). The maximum Gasteiger partial charge on any atom is 0.0969 e. The predicted octanol–water partition coefficient (Wildman–Crippen LogP) is 10.9. The minimum atomic E-state index is -0.548. The molecule has 5 unspecified atom stereocenters. The zero-order chi connectivity index (χ0) is 43.8. The van der Waals surface area contributed by atoms with Crippen LogP contribution in [0.15, 0.2) is 157 Å². The normalized spacial score (nSPS) is 18.6. The second kappa shape index (κ2) is 26.3. The molecule has 0 radical (unpaired) electrons. The lowest BCUT2D eigenvalue weighted by Gasteiger charge is -2.26. The fourth-order valence-corrected chi connectivity index (χ4v) is 6.36. The number of ether oxygens (including phenoxy) is 1. The number of nitrogens with zero attached hydrogens (tertiary/aromatic N) is 3. The monoisotopic (exact) mass is 801 g/mol. The summed E-state index contributed by atoms with van der Waals surface area (Å²) in [5, 5.41) is 10.5. The van der Waals surface area contributed by atoms with Crippen molar-refractivity contribution in [1.82, 2.24) is 10.6 Å². The molecule has 9 nitrogen and oxygen atoms in total. The van der Waals surface area contributed by atoms with Gasteiger partial charge in [-0.2, -0.15) is 0 Å². The summed E-state index contributed by atoms with van der Waals surface area (Å²) in [6.07, 6.45) is 0.979. The zero-order valence-electron chi connectivity index (χ0n) is 37.2. The molecule has 2 saturated heterocycles. The lowest BCUT2D eigenvalue weighted by molar-refractivity contribution is 0.0854. The quantitative estimate of drug-likeness (QED) is 0.0406. The van der Waals surface area contributed by atoms with Crippen LogP contribution in [0.4, 0.5) is 0 Å². The third-order valence-corrected chi connectivity index (χ3v) is 9.53. The van der Waals surface area contributed by atoms with Crippen LogP contribution >= 0.6 is 0 Å². The number of azide groups is 1. The summed E-state index contributed by atoms with van der Waals surface area (Å²) in [6.45, 7) is 18.3. The summed E-state index contributed by atoms with van der Waals surface area (Å²) in [6, 6.07) is 52.8. The van der Waals surface area contributed by atoms with E-state index in [0.29, 0.717) is 23.7 Å². The van der Waals surface area contributed by atoms with E-state index in [9.17, 15) is 0 Å². The van der Waals surface area contributed by atoms with Gasteiger partial charge in [-0.25, -0.2) is 0 Å². The number of nitrogens with two attached hydrogens (primary N) is 3. The van der Waals surface area contributed by atoms with Gasteiger partial charge in [0.1, 0.15) is 0 Å². The Kier molecular flexibility index (Phi) is 22.4. The lowest BCUT2D eigenvalue weighted by Crippen LogP contribution is -2.38. The third kappa shape index (κ3) is 19.2. The first-order valence-corrected chi connectivity index (χ1v) is 20.8. The van der Waals surface area contributed by atoms with Crippen molar-refractivity contribution in [3.63, 3.8) is 0 Å². The summed E-state index contributed by atoms with van der Waals surface area (Å²) in [5.41, 5.74) is 31.8. The minimum absolute atomic E-state index is 0.00574. The Labute approximate surface area is 355 Å². The van der Waals surface area contributed by atoms with Crippen molar-refractivity contribution in [3.8, 4) is 0 Å². The molecule has 59 heavy (non-hydrogen) atoms. The summed E-state index contributed by atoms with van der Waals surface area (Å²) in [7, 11) is 1.68. The molecular weight excluding hydrogens is 729 g/mol. The van der Waals surface area contributed by atoms with E-state index >= 15 is 0 Å². The molecule has 0 spiro atoms. The Morgan fingerprint density at radius 3 is 1.46 bits per heavy atom. The number of methoxy groups -OCH3 is 1. The van der Waals surface area contributed by atoms with E-state index in [1.54, 1.807) is 7.11 Å². The molecule has 2 heterocycles. The Morgan fingerprint density at radius 1 is 0.729 bits per heavy atom. The average molecular weight is 801 g/mol. The van der Waals surface area contributed by atoms with E-state index in [2.05, 4.69) is 114 Å². The van der Waals surface area contributed by atoms with Crippen LogP contribution in [-0.4, -0.2) is 36.3 Å². The highest BCUT2D eigenvalue weighted by Gasteiger charge is 2.45. The Bertz CT molecular complexity index is 1850. The van der Waals surface area contributed by atoms with E-state index in [0.717, 1.165) is 17.5 Å². The van der Waals surface area contributed by atoms with Crippen LogP contribution < -0.4 is 27.8 Å². The zero-order valence-corrected chi connectivity index (χ0v) is 37.2. The van der Waals surface area contributed by atoms with Crippen LogP contribution in [0.25, 0.3) is 10.4 Å². The second-order valence-corrected chi connectivity index (χ2v) is 16.0. The molecule has 7 atom stereocenters. The summed E-state index contributed by atoms with van der Waals surface area (Å²) in [4.78, 5) is 2.82. The van der Waals surface area contributed by atoms with Crippen molar-refractivity contribution in [2.75, 3.05) is 7.11 Å². The first kappa shape index (κ1) is 50.3. The standard InChI is InChI=1S/C10H14N4.C10H15NO.C10H13N.C9H11N.C9H13N.C2H6/c1-10(2,11)9(13-14-12)8-6-4-3-5-7-8;1-8(11)10(12-2)9-6-4-3-5-7-9;1-10(2)9(11-10)8-6-4-3-5-7-8;1-7-9(10-7)8-5-3-2-4-6-8;1-8(10)7-9-5-3-2-4-6-9;1-2/h3-7,9H,11H2,1-2H3;3-8,10H,11H2,1-2H3;3-7,9,11H,1-2H3;2-7,9-10H,1H3;2-6,8H,7,10H2,1H3;1-2H3/t;8-,10-;;;;/m.0..../s1. The van der Waals surface area contributed by atoms with E-state index in [1.165, 1.54) is 16.7 Å². The largest absolute Gasteiger partial charge is 0.375 e. The topological polar surface area (TPSA) is 180 Å². The smallest absolute Gasteiger partial charge is 0.0969 e. The molecule has 2 aliphatic heterocycles. The molecule has 9 heteroatoms. The molecule has 5 aromatic rings. The van der Waals surface area contributed by atoms with Gasteiger partial charge in [-0.1, -0.05) is 171 Å². The van der Waals surface area contributed by atoms with Gasteiger partial charge in [0, 0.05) is 47.3 Å². The number of benzene rings is 5. The molecule has 0 bridgehead atoms. The van der Waals surface area contributed by atoms with Crippen LogP contribution in [-0.2, 0) is 11.2 Å². The molecule has 0 amide bonds. The maximum absolute atomic E-state index is 8.46. The van der Waals surface area contributed by atoms with Gasteiger partial charge in [0.15, 0.2) is 0 Å². The van der Waals surface area contributed by atoms with Gasteiger partial charge in [0.05, 0.1) is 18.2 Å².